The minimum Gasteiger partial charge on any atom is -0.457 e. The number of aldehydes is 1. The van der Waals surface area contributed by atoms with Crippen LogP contribution in [0.25, 0.3) is 0 Å². The minimum atomic E-state index is -1.98. The fraction of sp³-hybridized carbons (Fsp3) is 0.613. The van der Waals surface area contributed by atoms with Gasteiger partial charge in [-0.3, -0.25) is 9.59 Å². The topological polar surface area (TPSA) is 146 Å². The highest BCUT2D eigenvalue weighted by Crippen LogP contribution is 2.68. The first-order valence-electron chi connectivity index (χ1n) is 14.0. The first-order chi connectivity index (χ1) is 19.2. The molecule has 2 N–H and O–H groups in total. The maximum Gasteiger partial charge on any atom is 0.338 e. The molecule has 1 aliphatic heterocycles. The lowest BCUT2D eigenvalue weighted by Crippen LogP contribution is -2.78. The summed E-state index contributed by atoms with van der Waals surface area (Å²) in [7, 11) is 0. The monoisotopic (exact) mass is 570 g/mol. The van der Waals surface area contributed by atoms with E-state index < -0.39 is 76.2 Å². The molecular formula is C31H38O10. The zero-order valence-corrected chi connectivity index (χ0v) is 24.2. The zero-order valence-electron chi connectivity index (χ0n) is 24.2. The molecule has 0 amide bonds. The smallest absolute Gasteiger partial charge is 0.338 e. The lowest BCUT2D eigenvalue weighted by atomic mass is 9.49. The van der Waals surface area contributed by atoms with Crippen LogP contribution in [-0.4, -0.2) is 76.6 Å². The number of esters is 3. The fourth-order valence-electron chi connectivity index (χ4n) is 8.19. The number of hydrogen-bond donors (Lipinski definition) is 2. The predicted molar refractivity (Wildman–Crippen MR) is 143 cm³/mol. The van der Waals surface area contributed by atoms with Gasteiger partial charge in [-0.2, -0.15) is 0 Å². The van der Waals surface area contributed by atoms with Crippen molar-refractivity contribution in [1.82, 2.24) is 0 Å². The van der Waals surface area contributed by atoms with Gasteiger partial charge in [0.1, 0.15) is 30.2 Å². The predicted octanol–water partition coefficient (Wildman–Crippen LogP) is 2.54. The van der Waals surface area contributed by atoms with Crippen molar-refractivity contribution < 1.29 is 48.3 Å². The van der Waals surface area contributed by atoms with Crippen LogP contribution in [0.3, 0.4) is 0 Å². The van der Waals surface area contributed by atoms with Crippen molar-refractivity contribution in [1.29, 1.82) is 0 Å². The summed E-state index contributed by atoms with van der Waals surface area (Å²) in [6.07, 6.45) is -3.88. The molecule has 1 heterocycles. The number of carbonyl (C=O) groups excluding carboxylic acids is 4. The Hall–Kier alpha value is -3.08. The Morgan fingerprint density at radius 2 is 1.73 bits per heavy atom. The van der Waals surface area contributed by atoms with Crippen LogP contribution in [0.4, 0.5) is 0 Å². The van der Waals surface area contributed by atoms with Crippen LogP contribution in [-0.2, 0) is 33.3 Å². The second-order valence-electron chi connectivity index (χ2n) is 12.6. The molecule has 1 saturated heterocycles. The Morgan fingerprint density at radius 3 is 2.27 bits per heavy atom. The molecule has 0 aromatic heterocycles. The standard InChI is InChI=1S/C31H38O10/c1-16-12-22-30(15-38-22,41-19(4)34)24-26(40-27(36)20-10-8-7-9-11-20)31(37)13-21(35)17(2)23(28(31,5)6)25(39-18(3)33)29(16,24)14-32/h7-11,14,16,21-22,24-26,35,37H,12-13,15H2,1-6H3/t16-,21-,22+,24-,25+,26-,29+,30-,31+/m0/s1. The van der Waals surface area contributed by atoms with E-state index in [1.165, 1.54) is 13.8 Å². The van der Waals surface area contributed by atoms with Crippen molar-refractivity contribution in [2.45, 2.75) is 90.0 Å². The maximum atomic E-state index is 13.7. The number of carbonyl (C=O) groups is 4. The maximum absolute atomic E-state index is 13.7. The summed E-state index contributed by atoms with van der Waals surface area (Å²) in [6, 6.07) is 8.21. The van der Waals surface area contributed by atoms with Crippen LogP contribution >= 0.6 is 0 Å². The van der Waals surface area contributed by atoms with Gasteiger partial charge in [0, 0.05) is 25.7 Å². The summed E-state index contributed by atoms with van der Waals surface area (Å²) >= 11 is 0. The van der Waals surface area contributed by atoms with Crippen LogP contribution in [0.15, 0.2) is 41.5 Å². The third-order valence-corrected chi connectivity index (χ3v) is 10.3. The van der Waals surface area contributed by atoms with E-state index in [-0.39, 0.29) is 25.0 Å². The van der Waals surface area contributed by atoms with E-state index in [1.807, 2.05) is 6.92 Å². The Kier molecular flexibility index (Phi) is 6.99. The van der Waals surface area contributed by atoms with Gasteiger partial charge in [0.05, 0.1) is 29.6 Å². The Balaban J connectivity index is 1.87. The number of fused-ring (bicyclic) bond motifs is 5. The molecule has 9 atom stereocenters. The first-order valence-corrected chi connectivity index (χ1v) is 14.0. The van der Waals surface area contributed by atoms with Gasteiger partial charge in [-0.1, -0.05) is 39.0 Å². The molecule has 3 fully saturated rings. The average molecular weight is 571 g/mol. The molecule has 2 bridgehead atoms. The molecular weight excluding hydrogens is 532 g/mol. The molecule has 10 heteroatoms. The molecule has 1 aromatic rings. The Bertz CT molecular complexity index is 1300. The molecule has 10 nitrogen and oxygen atoms in total. The van der Waals surface area contributed by atoms with Gasteiger partial charge in [0.2, 0.25) is 0 Å². The van der Waals surface area contributed by atoms with Gasteiger partial charge in [-0.25, -0.2) is 4.79 Å². The Labute approximate surface area is 239 Å². The van der Waals surface area contributed by atoms with Crippen molar-refractivity contribution in [2.24, 2.45) is 22.7 Å². The van der Waals surface area contributed by atoms with Crippen molar-refractivity contribution in [2.75, 3.05) is 6.61 Å². The normalized spacial score (nSPS) is 40.6. The largest absolute Gasteiger partial charge is 0.457 e. The number of benzene rings is 1. The summed E-state index contributed by atoms with van der Waals surface area (Å²) < 4.78 is 24.2. The lowest BCUT2D eigenvalue weighted by Gasteiger charge is -2.64. The minimum absolute atomic E-state index is 0.118. The number of aliphatic hydroxyl groups is 2. The van der Waals surface area contributed by atoms with Gasteiger partial charge in [0.25, 0.3) is 0 Å². The summed E-state index contributed by atoms with van der Waals surface area (Å²) in [5.74, 6) is -3.82. The molecule has 0 spiro atoms. The zero-order chi connectivity index (χ0) is 30.1. The first kappa shape index (κ1) is 29.4. The summed E-state index contributed by atoms with van der Waals surface area (Å²) in [5, 5.41) is 24.1. The van der Waals surface area contributed by atoms with E-state index >= 15 is 0 Å². The molecule has 5 rings (SSSR count). The third kappa shape index (κ3) is 3.94. The third-order valence-electron chi connectivity index (χ3n) is 10.3. The summed E-state index contributed by atoms with van der Waals surface area (Å²) in [4.78, 5) is 52.7. The SMILES string of the molecule is CC(=O)O[C@@H]1C2=C(C)[C@@H](O)C[C@@](O)([C@@H](OC(=O)c3ccccc3)[C@@H]3[C@]4(OC(C)=O)CO[C@@H]4C[C@H](C)[C@@]13C=O)C2(C)C. The molecule has 2 saturated carbocycles. The van der Waals surface area contributed by atoms with E-state index in [0.29, 0.717) is 17.4 Å². The highest BCUT2D eigenvalue weighted by molar-refractivity contribution is 5.89. The van der Waals surface area contributed by atoms with Crippen LogP contribution in [0.2, 0.25) is 0 Å². The number of hydrogen-bond acceptors (Lipinski definition) is 10. The second kappa shape index (κ2) is 9.74. The second-order valence-corrected chi connectivity index (χ2v) is 12.6. The highest BCUT2D eigenvalue weighted by Gasteiger charge is 2.80. The molecule has 0 radical (unpaired) electrons. The van der Waals surface area contributed by atoms with Crippen molar-refractivity contribution in [3.05, 3.63) is 47.0 Å². The lowest BCUT2D eigenvalue weighted by molar-refractivity contribution is -0.338. The van der Waals surface area contributed by atoms with Crippen LogP contribution in [0.1, 0.15) is 64.7 Å². The molecule has 4 aliphatic rings. The Morgan fingerprint density at radius 1 is 1.07 bits per heavy atom. The van der Waals surface area contributed by atoms with E-state index in [9.17, 15) is 29.4 Å². The summed E-state index contributed by atoms with van der Waals surface area (Å²) in [5.41, 5.74) is -5.32. The molecule has 3 aliphatic carbocycles. The van der Waals surface area contributed by atoms with Gasteiger partial charge < -0.3 is 34.0 Å². The number of aliphatic hydroxyl groups excluding tert-OH is 1. The van der Waals surface area contributed by atoms with Crippen LogP contribution in [0.5, 0.6) is 0 Å². The van der Waals surface area contributed by atoms with Gasteiger partial charge in [0.15, 0.2) is 5.60 Å². The van der Waals surface area contributed by atoms with Gasteiger partial charge in [-0.15, -0.1) is 0 Å². The quantitative estimate of drug-likeness (QED) is 0.234. The van der Waals surface area contributed by atoms with E-state index in [2.05, 4.69) is 0 Å². The van der Waals surface area contributed by atoms with Crippen LogP contribution in [0, 0.1) is 22.7 Å². The number of rotatable bonds is 5. The van der Waals surface area contributed by atoms with E-state index in [0.717, 1.165) is 0 Å². The number of ether oxygens (including phenoxy) is 4. The van der Waals surface area contributed by atoms with E-state index in [1.54, 1.807) is 51.1 Å². The van der Waals surface area contributed by atoms with E-state index in [4.69, 9.17) is 18.9 Å². The molecule has 0 unspecified atom stereocenters. The average Bonchev–Trinajstić information content (AvgIpc) is 2.92. The summed E-state index contributed by atoms with van der Waals surface area (Å²) in [6.45, 7) is 9.30. The van der Waals surface area contributed by atoms with Crippen molar-refractivity contribution in [3.63, 3.8) is 0 Å². The van der Waals surface area contributed by atoms with Gasteiger partial charge >= 0.3 is 17.9 Å². The molecule has 41 heavy (non-hydrogen) atoms. The van der Waals surface area contributed by atoms with Crippen LogP contribution < -0.4 is 0 Å². The highest BCUT2D eigenvalue weighted by atomic mass is 16.6. The molecule has 1 aromatic carbocycles. The van der Waals surface area contributed by atoms with Crippen molar-refractivity contribution in [3.8, 4) is 0 Å². The van der Waals surface area contributed by atoms with Crippen molar-refractivity contribution >= 4 is 24.2 Å². The van der Waals surface area contributed by atoms with Gasteiger partial charge in [-0.05, 0) is 42.5 Å². The fourth-order valence-corrected chi connectivity index (χ4v) is 8.19. The molecule has 222 valence electrons.